The monoisotopic (exact) mass is 1390 g/mol. The second-order valence-corrected chi connectivity index (χ2v) is 27.1. The van der Waals surface area contributed by atoms with E-state index >= 15 is 0 Å². The van der Waals surface area contributed by atoms with Crippen LogP contribution in [0.1, 0.15) is 264 Å². The number of aliphatic hydroxyl groups is 11. The molecule has 3 fully saturated rings. The van der Waals surface area contributed by atoms with Crippen LogP contribution in [-0.4, -0.2) is 193 Å². The third-order valence-electron chi connectivity index (χ3n) is 18.7. The Morgan fingerprint density at radius 3 is 1.10 bits per heavy atom. The van der Waals surface area contributed by atoms with Crippen LogP contribution in [0.4, 0.5) is 0 Å². The Morgan fingerprint density at radius 2 is 0.704 bits per heavy atom. The average molecular weight is 1390 g/mol. The van der Waals surface area contributed by atoms with E-state index in [0.717, 1.165) is 116 Å². The van der Waals surface area contributed by atoms with Crippen LogP contribution in [0.15, 0.2) is 97.2 Å². The Hall–Kier alpha value is -3.29. The lowest BCUT2D eigenvalue weighted by Gasteiger charge is -2.48. The molecular weight excluding hydrogens is 1250 g/mol. The van der Waals surface area contributed by atoms with Crippen LogP contribution < -0.4 is 5.32 Å². The van der Waals surface area contributed by atoms with Gasteiger partial charge in [0.05, 0.1) is 38.6 Å². The van der Waals surface area contributed by atoms with E-state index in [1.807, 2.05) is 0 Å². The summed E-state index contributed by atoms with van der Waals surface area (Å²) < 4.78 is 34.5. The molecule has 3 aliphatic heterocycles. The number of carbonyl (C=O) groups excluding carboxylic acids is 1. The Kier molecular flexibility index (Phi) is 53.7. The van der Waals surface area contributed by atoms with Crippen molar-refractivity contribution in [2.75, 3.05) is 26.4 Å². The van der Waals surface area contributed by atoms with Crippen LogP contribution in [-0.2, 0) is 33.2 Å². The molecule has 3 saturated heterocycles. The van der Waals surface area contributed by atoms with Gasteiger partial charge in [0.25, 0.3) is 0 Å². The van der Waals surface area contributed by atoms with Gasteiger partial charge in [0, 0.05) is 6.42 Å². The van der Waals surface area contributed by atoms with Crippen LogP contribution >= 0.6 is 0 Å². The van der Waals surface area contributed by atoms with E-state index in [-0.39, 0.29) is 18.9 Å². The molecule has 0 bridgehead atoms. The smallest absolute Gasteiger partial charge is 0.220 e. The lowest BCUT2D eigenvalue weighted by atomic mass is 9.96. The maximum atomic E-state index is 13.5. The molecule has 19 nitrogen and oxygen atoms in total. The summed E-state index contributed by atoms with van der Waals surface area (Å²) in [5.74, 6) is -0.259. The minimum atomic E-state index is -1.98. The van der Waals surface area contributed by atoms with Crippen molar-refractivity contribution >= 4 is 5.91 Å². The second kappa shape index (κ2) is 59.1. The summed E-state index contributed by atoms with van der Waals surface area (Å²) in [6.45, 7) is 1.69. The molecule has 0 aromatic rings. The SMILES string of the molecule is CC/C=C\C/C=C\C/C=C\C/C=C\C/C=C\C/C=C\C/C=C\C/C=C\CCCCCCCCC(=O)NC(COC1OC(CO)C(OC2OC(CO)C(OC3OC(CO)C(O)C(O)C3O)C(O)C2O)C(O)C1O)C(O)CCCCCCCCCCCCCCCCCCCCCCCC. The number of rotatable bonds is 59. The maximum Gasteiger partial charge on any atom is 0.220 e. The van der Waals surface area contributed by atoms with Crippen molar-refractivity contribution in [2.45, 2.75) is 369 Å². The summed E-state index contributed by atoms with van der Waals surface area (Å²) >= 11 is 0. The lowest BCUT2D eigenvalue weighted by Crippen LogP contribution is -2.66. The molecule has 566 valence electrons. The summed E-state index contributed by atoms with van der Waals surface area (Å²) in [5, 5.41) is 121. The van der Waals surface area contributed by atoms with Gasteiger partial charge in [0.15, 0.2) is 18.9 Å². The van der Waals surface area contributed by atoms with E-state index < -0.39 is 124 Å². The van der Waals surface area contributed by atoms with Crippen molar-refractivity contribution in [3.8, 4) is 0 Å². The lowest BCUT2D eigenvalue weighted by molar-refractivity contribution is -0.379. The predicted octanol–water partition coefficient (Wildman–Crippen LogP) is 12.0. The Balaban J connectivity index is 1.40. The van der Waals surface area contributed by atoms with Crippen molar-refractivity contribution in [2.24, 2.45) is 0 Å². The van der Waals surface area contributed by atoms with Crippen molar-refractivity contribution < 1.29 is 89.4 Å². The molecule has 98 heavy (non-hydrogen) atoms. The van der Waals surface area contributed by atoms with Crippen LogP contribution in [0.3, 0.4) is 0 Å². The number of carbonyl (C=O) groups is 1. The highest BCUT2D eigenvalue weighted by Crippen LogP contribution is 2.33. The first-order chi connectivity index (χ1) is 47.8. The van der Waals surface area contributed by atoms with Gasteiger partial charge in [-0.2, -0.15) is 0 Å². The second-order valence-electron chi connectivity index (χ2n) is 27.1. The zero-order valence-corrected chi connectivity index (χ0v) is 60.2. The molecule has 0 aromatic carbocycles. The molecule has 3 heterocycles. The van der Waals surface area contributed by atoms with Gasteiger partial charge in [-0.05, 0) is 77.0 Å². The van der Waals surface area contributed by atoms with Gasteiger partial charge in [0.1, 0.15) is 73.2 Å². The van der Waals surface area contributed by atoms with Crippen LogP contribution in [0.2, 0.25) is 0 Å². The highest BCUT2D eigenvalue weighted by molar-refractivity contribution is 5.76. The Labute approximate surface area is 590 Å². The van der Waals surface area contributed by atoms with E-state index in [2.05, 4.69) is 116 Å². The molecule has 1 amide bonds. The number of hydrogen-bond acceptors (Lipinski definition) is 18. The third-order valence-corrected chi connectivity index (χ3v) is 18.7. The largest absolute Gasteiger partial charge is 0.394 e. The predicted molar refractivity (Wildman–Crippen MR) is 387 cm³/mol. The first kappa shape index (κ1) is 88.9. The minimum absolute atomic E-state index is 0.243. The van der Waals surface area contributed by atoms with Crippen LogP contribution in [0, 0.1) is 0 Å². The summed E-state index contributed by atoms with van der Waals surface area (Å²) in [4.78, 5) is 13.5. The van der Waals surface area contributed by atoms with Gasteiger partial charge in [0.2, 0.25) is 5.91 Å². The van der Waals surface area contributed by atoms with E-state index in [1.54, 1.807) is 0 Å². The molecule has 0 aliphatic carbocycles. The normalized spacial score (nSPS) is 27.3. The maximum absolute atomic E-state index is 13.5. The molecule has 0 aromatic heterocycles. The van der Waals surface area contributed by atoms with Gasteiger partial charge in [-0.15, -0.1) is 0 Å². The van der Waals surface area contributed by atoms with E-state index in [4.69, 9.17) is 28.4 Å². The van der Waals surface area contributed by atoms with Gasteiger partial charge in [-0.3, -0.25) is 4.79 Å². The molecule has 3 rings (SSSR count). The molecule has 12 N–H and O–H groups in total. The summed E-state index contributed by atoms with van der Waals surface area (Å²) in [5.41, 5.74) is 0. The summed E-state index contributed by atoms with van der Waals surface area (Å²) in [6.07, 6.45) is 51.9. The van der Waals surface area contributed by atoms with E-state index in [0.29, 0.717) is 12.8 Å². The first-order valence-electron chi connectivity index (χ1n) is 38.5. The summed E-state index contributed by atoms with van der Waals surface area (Å²) in [6, 6.07) is -0.904. The molecular formula is C79H137NO18. The third kappa shape index (κ3) is 39.4. The number of nitrogens with one attached hydrogen (secondary N) is 1. The fraction of sp³-hybridized carbons (Fsp3) is 0.785. The molecule has 0 spiro atoms. The minimum Gasteiger partial charge on any atom is -0.394 e. The Morgan fingerprint density at radius 1 is 0.378 bits per heavy atom. The number of hydrogen-bond donors (Lipinski definition) is 12. The zero-order valence-electron chi connectivity index (χ0n) is 60.2. The Bertz CT molecular complexity index is 2150. The van der Waals surface area contributed by atoms with Gasteiger partial charge >= 0.3 is 0 Å². The quantitative estimate of drug-likeness (QED) is 0.0199. The zero-order chi connectivity index (χ0) is 71.1. The molecule has 0 saturated carbocycles. The standard InChI is InChI=1S/C79H137NO18/c1-3-5-7-9-11-13-15-17-19-21-23-25-27-28-29-30-31-32-33-34-35-37-39-41-43-45-47-49-51-53-55-57-67(85)80-62(63(84)56-54-52-50-48-46-44-42-40-38-36-26-24-22-20-18-16-14-12-10-8-6-4-2)61-93-77-73(91)70(88)75(65(59-82)95-77)98-79-74(92)71(89)76(66(60-83)96-79)97-78-72(90)69(87)68(86)64(58-81)94-78/h5,7,11,13,17,19,23,25,28-29,31-32,34-35,39,41,62-66,68-79,81-84,86-92H,3-4,6,8-10,12,14-16,18,20-22,24,26-27,30,33,36-38,40,42-61H2,1-2H3,(H,80,85)/b7-5-,13-11-,19-17-,25-23-,29-28-,32-31-,35-34-,41-39-. The number of allylic oxidation sites excluding steroid dienone is 16. The number of unbranched alkanes of at least 4 members (excludes halogenated alkanes) is 27. The van der Waals surface area contributed by atoms with Crippen molar-refractivity contribution in [3.63, 3.8) is 0 Å². The van der Waals surface area contributed by atoms with Gasteiger partial charge in [-0.25, -0.2) is 0 Å². The molecule has 3 aliphatic rings. The van der Waals surface area contributed by atoms with Crippen molar-refractivity contribution in [3.05, 3.63) is 97.2 Å². The number of aliphatic hydroxyl groups excluding tert-OH is 11. The average Bonchev–Trinajstić information content (AvgIpc) is 0.785. The van der Waals surface area contributed by atoms with Crippen molar-refractivity contribution in [1.82, 2.24) is 5.32 Å². The number of amides is 1. The number of ether oxygens (including phenoxy) is 6. The fourth-order valence-corrected chi connectivity index (χ4v) is 12.5. The highest BCUT2D eigenvalue weighted by Gasteiger charge is 2.53. The molecule has 19 heteroatoms. The molecule has 17 unspecified atom stereocenters. The first-order valence-corrected chi connectivity index (χ1v) is 38.5. The van der Waals surface area contributed by atoms with E-state index in [9.17, 15) is 61.0 Å². The topological polar surface area (TPSA) is 307 Å². The van der Waals surface area contributed by atoms with Gasteiger partial charge in [-0.1, -0.05) is 278 Å². The van der Waals surface area contributed by atoms with Gasteiger partial charge < -0.3 is 89.9 Å². The van der Waals surface area contributed by atoms with Crippen LogP contribution in [0.25, 0.3) is 0 Å². The van der Waals surface area contributed by atoms with Crippen molar-refractivity contribution in [1.29, 1.82) is 0 Å². The van der Waals surface area contributed by atoms with Crippen LogP contribution in [0.5, 0.6) is 0 Å². The molecule has 0 radical (unpaired) electrons. The fourth-order valence-electron chi connectivity index (χ4n) is 12.5. The van der Waals surface area contributed by atoms with E-state index in [1.165, 1.54) is 116 Å². The summed E-state index contributed by atoms with van der Waals surface area (Å²) in [7, 11) is 0. The highest BCUT2D eigenvalue weighted by atomic mass is 16.8. The molecule has 17 atom stereocenters.